The number of fused-ring (bicyclic) bond motifs is 6. The summed E-state index contributed by atoms with van der Waals surface area (Å²) >= 11 is 1.29. The van der Waals surface area contributed by atoms with Crippen molar-refractivity contribution in [3.63, 3.8) is 0 Å². The van der Waals surface area contributed by atoms with Gasteiger partial charge in [-0.05, 0) is 49.2 Å². The number of nitrogens with zero attached hydrogens (tertiary/aromatic N) is 2. The Hall–Kier alpha value is -4.17. The van der Waals surface area contributed by atoms with Gasteiger partial charge in [0, 0.05) is 5.56 Å². The van der Waals surface area contributed by atoms with Gasteiger partial charge in [-0.1, -0.05) is 72.0 Å². The molecule has 2 aliphatic heterocycles. The van der Waals surface area contributed by atoms with E-state index in [9.17, 15) is 9.59 Å². The zero-order valence-corrected chi connectivity index (χ0v) is 21.8. The van der Waals surface area contributed by atoms with Gasteiger partial charge in [0.05, 0.1) is 17.2 Å². The Morgan fingerprint density at radius 2 is 1.82 bits per heavy atom. The third-order valence-electron chi connectivity index (χ3n) is 6.85. The van der Waals surface area contributed by atoms with E-state index < -0.39 is 23.7 Å². The molecule has 2 aliphatic rings. The standard InChI is InChI=1S/C30H26N2O5S/c1-3-35-28(34)25-26-22-11-7-8-12-23(22)37-30(25,2)31-29-32(26)27(33)24(38-29)17-19-13-15-21(16-14-19)36-18-20-9-5-4-6-10-20/h4-17,25-26H,3,18H2,1-2H3/b24-17+/t25-,26-,30+/m1/s1. The number of carbonyl (C=O) groups is 1. The topological polar surface area (TPSA) is 79.1 Å². The summed E-state index contributed by atoms with van der Waals surface area (Å²) in [4.78, 5) is 32.2. The van der Waals surface area contributed by atoms with Crippen LogP contribution in [0.2, 0.25) is 0 Å². The molecular weight excluding hydrogens is 500 g/mol. The lowest BCUT2D eigenvalue weighted by atomic mass is 9.81. The third kappa shape index (κ3) is 4.20. The number of carbonyl (C=O) groups excluding carboxylic acids is 1. The number of hydrogen-bond acceptors (Lipinski definition) is 7. The number of hydrogen-bond donors (Lipinski definition) is 0. The van der Waals surface area contributed by atoms with E-state index in [1.54, 1.807) is 18.4 Å². The summed E-state index contributed by atoms with van der Waals surface area (Å²) in [5, 5.41) is 0. The van der Waals surface area contributed by atoms with Crippen molar-refractivity contribution >= 4 is 23.4 Å². The van der Waals surface area contributed by atoms with Gasteiger partial charge in [-0.25, -0.2) is 4.99 Å². The molecule has 0 fully saturated rings. The highest BCUT2D eigenvalue weighted by Crippen LogP contribution is 2.47. The van der Waals surface area contributed by atoms with Crippen molar-refractivity contribution < 1.29 is 19.0 Å². The van der Waals surface area contributed by atoms with Gasteiger partial charge in [0.25, 0.3) is 5.56 Å². The molecule has 3 atom stereocenters. The van der Waals surface area contributed by atoms with Gasteiger partial charge >= 0.3 is 5.97 Å². The second-order valence-electron chi connectivity index (χ2n) is 9.39. The summed E-state index contributed by atoms with van der Waals surface area (Å²) in [6, 6.07) is 24.5. The average Bonchev–Trinajstić information content (AvgIpc) is 3.21. The first kappa shape index (κ1) is 24.2. The normalized spacial score (nSPS) is 21.5. The zero-order valence-electron chi connectivity index (χ0n) is 21.0. The number of rotatable bonds is 6. The van der Waals surface area contributed by atoms with Gasteiger partial charge in [0.15, 0.2) is 4.80 Å². The Morgan fingerprint density at radius 1 is 1.08 bits per heavy atom. The largest absolute Gasteiger partial charge is 0.489 e. The van der Waals surface area contributed by atoms with Crippen LogP contribution in [0.4, 0.5) is 0 Å². The lowest BCUT2D eigenvalue weighted by Gasteiger charge is -2.44. The molecule has 38 heavy (non-hydrogen) atoms. The van der Waals surface area contributed by atoms with Crippen LogP contribution in [0.15, 0.2) is 88.6 Å². The zero-order chi connectivity index (χ0) is 26.3. The predicted molar refractivity (Wildman–Crippen MR) is 144 cm³/mol. The van der Waals surface area contributed by atoms with E-state index in [2.05, 4.69) is 0 Å². The number of esters is 1. The first-order chi connectivity index (χ1) is 18.5. The molecule has 3 heterocycles. The molecule has 0 spiro atoms. The molecule has 0 radical (unpaired) electrons. The molecular formula is C30H26N2O5S. The highest BCUT2D eigenvalue weighted by Gasteiger charge is 2.55. The fraction of sp³-hybridized carbons (Fsp3) is 0.233. The molecule has 0 N–H and O–H groups in total. The molecule has 6 rings (SSSR count). The monoisotopic (exact) mass is 526 g/mol. The van der Waals surface area contributed by atoms with Gasteiger partial charge in [-0.3, -0.25) is 14.2 Å². The summed E-state index contributed by atoms with van der Waals surface area (Å²) in [6.45, 7) is 4.26. The minimum Gasteiger partial charge on any atom is -0.489 e. The van der Waals surface area contributed by atoms with E-state index in [4.69, 9.17) is 19.2 Å². The number of para-hydroxylation sites is 1. The molecule has 192 valence electrons. The van der Waals surface area contributed by atoms with Crippen LogP contribution in [0.5, 0.6) is 11.5 Å². The summed E-state index contributed by atoms with van der Waals surface area (Å²) in [5.74, 6) is 0.144. The smallest absolute Gasteiger partial charge is 0.317 e. The maximum absolute atomic E-state index is 13.7. The van der Waals surface area contributed by atoms with Gasteiger partial charge in [-0.15, -0.1) is 0 Å². The van der Waals surface area contributed by atoms with Gasteiger partial charge in [0.1, 0.15) is 24.0 Å². The number of benzene rings is 3. The van der Waals surface area contributed by atoms with Crippen molar-refractivity contribution in [3.8, 4) is 11.5 Å². The van der Waals surface area contributed by atoms with E-state index in [0.29, 0.717) is 21.7 Å². The first-order valence-corrected chi connectivity index (χ1v) is 13.3. The van der Waals surface area contributed by atoms with Crippen LogP contribution in [0, 0.1) is 5.92 Å². The molecule has 0 unspecified atom stereocenters. The highest BCUT2D eigenvalue weighted by atomic mass is 32.1. The van der Waals surface area contributed by atoms with Crippen LogP contribution in [0.3, 0.4) is 0 Å². The Morgan fingerprint density at radius 3 is 2.58 bits per heavy atom. The van der Waals surface area contributed by atoms with Crippen LogP contribution < -0.4 is 24.4 Å². The van der Waals surface area contributed by atoms with Gasteiger partial charge < -0.3 is 14.2 Å². The number of thiazole rings is 1. The van der Waals surface area contributed by atoms with E-state index in [1.165, 1.54) is 11.3 Å². The maximum Gasteiger partial charge on any atom is 0.317 e. The number of aromatic nitrogens is 1. The summed E-state index contributed by atoms with van der Waals surface area (Å²) < 4.78 is 19.7. The van der Waals surface area contributed by atoms with Crippen LogP contribution in [-0.2, 0) is 16.1 Å². The van der Waals surface area contributed by atoms with Crippen LogP contribution in [0.25, 0.3) is 6.08 Å². The lowest BCUT2D eigenvalue weighted by molar-refractivity contribution is -0.160. The van der Waals surface area contributed by atoms with E-state index in [-0.39, 0.29) is 12.2 Å². The molecule has 1 aromatic heterocycles. The molecule has 0 aliphatic carbocycles. The second kappa shape index (κ2) is 9.61. The quantitative estimate of drug-likeness (QED) is 0.357. The Kier molecular flexibility index (Phi) is 6.12. The predicted octanol–water partition coefficient (Wildman–Crippen LogP) is 3.83. The summed E-state index contributed by atoms with van der Waals surface area (Å²) in [7, 11) is 0. The maximum atomic E-state index is 13.7. The Bertz CT molecular complexity index is 1680. The van der Waals surface area contributed by atoms with Crippen molar-refractivity contribution in [2.75, 3.05) is 6.61 Å². The first-order valence-electron chi connectivity index (χ1n) is 12.5. The minimum atomic E-state index is -1.18. The minimum absolute atomic E-state index is 0.198. The van der Waals surface area contributed by atoms with Crippen molar-refractivity contribution in [1.82, 2.24) is 4.57 Å². The second-order valence-corrected chi connectivity index (χ2v) is 10.4. The molecule has 0 amide bonds. The van der Waals surface area contributed by atoms with E-state index in [1.807, 2.05) is 84.9 Å². The SMILES string of the molecule is CCOC(=O)[C@H]1[C@H]2c3ccccc3O[C@]1(C)N=c1s/c(=C/c3ccc(OCc4ccccc4)cc3)c(=O)n12. The summed E-state index contributed by atoms with van der Waals surface area (Å²) in [5.41, 5.74) is 1.34. The third-order valence-corrected chi connectivity index (χ3v) is 7.83. The molecule has 4 aromatic rings. The Balaban J connectivity index is 1.38. The summed E-state index contributed by atoms with van der Waals surface area (Å²) in [6.07, 6.45) is 1.84. The fourth-order valence-corrected chi connectivity index (χ4v) is 6.19. The van der Waals surface area contributed by atoms with E-state index in [0.717, 1.165) is 22.4 Å². The van der Waals surface area contributed by atoms with Crippen LogP contribution >= 0.6 is 11.3 Å². The number of ether oxygens (including phenoxy) is 3. The Labute approximate surface area is 223 Å². The van der Waals surface area contributed by atoms with Crippen LogP contribution in [-0.4, -0.2) is 22.9 Å². The van der Waals surface area contributed by atoms with Crippen molar-refractivity contribution in [2.45, 2.75) is 32.2 Å². The molecule has 0 saturated heterocycles. The van der Waals surface area contributed by atoms with Crippen molar-refractivity contribution in [3.05, 3.63) is 115 Å². The van der Waals surface area contributed by atoms with Crippen molar-refractivity contribution in [2.24, 2.45) is 10.9 Å². The average molecular weight is 527 g/mol. The van der Waals surface area contributed by atoms with Crippen molar-refractivity contribution in [1.29, 1.82) is 0 Å². The van der Waals surface area contributed by atoms with E-state index >= 15 is 0 Å². The molecule has 8 heteroatoms. The van der Waals surface area contributed by atoms with Gasteiger partial charge in [0.2, 0.25) is 5.72 Å². The van der Waals surface area contributed by atoms with Crippen LogP contribution in [0.1, 0.15) is 36.6 Å². The highest BCUT2D eigenvalue weighted by molar-refractivity contribution is 7.07. The fourth-order valence-electron chi connectivity index (χ4n) is 5.09. The molecule has 3 aromatic carbocycles. The lowest BCUT2D eigenvalue weighted by Crippen LogP contribution is -2.58. The molecule has 0 saturated carbocycles. The van der Waals surface area contributed by atoms with Gasteiger partial charge in [-0.2, -0.15) is 0 Å². The molecule has 2 bridgehead atoms. The molecule has 7 nitrogen and oxygen atoms in total.